The van der Waals surface area contributed by atoms with Crippen molar-refractivity contribution in [3.63, 3.8) is 0 Å². The van der Waals surface area contributed by atoms with Crippen molar-refractivity contribution < 1.29 is 19.4 Å². The molecule has 2 heterocycles. The van der Waals surface area contributed by atoms with Gasteiger partial charge in [0, 0.05) is 10.7 Å². The van der Waals surface area contributed by atoms with Gasteiger partial charge in [0.2, 0.25) is 0 Å². The summed E-state index contributed by atoms with van der Waals surface area (Å²) < 4.78 is 5.68. The molecule has 1 aromatic heterocycles. The van der Waals surface area contributed by atoms with Crippen LogP contribution in [0.25, 0.3) is 0 Å². The lowest BCUT2D eigenvalue weighted by Crippen LogP contribution is -2.42. The van der Waals surface area contributed by atoms with Crippen molar-refractivity contribution in [1.29, 1.82) is 0 Å². The van der Waals surface area contributed by atoms with Crippen molar-refractivity contribution in [2.24, 2.45) is 5.92 Å². The Morgan fingerprint density at radius 2 is 2.26 bits per heavy atom. The Bertz CT molecular complexity index is 525. The topological polar surface area (TPSA) is 88.5 Å². The fraction of sp³-hybridized carbons (Fsp3) is 0.364. The third-order valence-corrected chi connectivity index (χ3v) is 3.50. The number of aliphatic carboxylic acids is 1. The van der Waals surface area contributed by atoms with Crippen LogP contribution in [0.2, 0.25) is 5.15 Å². The van der Waals surface area contributed by atoms with Gasteiger partial charge in [0.05, 0.1) is 24.8 Å². The summed E-state index contributed by atoms with van der Waals surface area (Å²) in [6, 6.07) is 0.955. The molecule has 0 aliphatic carbocycles. The molecule has 0 bridgehead atoms. The summed E-state index contributed by atoms with van der Waals surface area (Å²) in [6.07, 6.45) is 1.47. The maximum absolute atomic E-state index is 12.0. The van der Waals surface area contributed by atoms with Crippen molar-refractivity contribution in [3.8, 4) is 0 Å². The number of hydrogen-bond acceptors (Lipinski definition) is 4. The number of hydrogen-bond donors (Lipinski definition) is 2. The van der Waals surface area contributed by atoms with Gasteiger partial charge in [-0.25, -0.2) is 4.98 Å². The zero-order chi connectivity index (χ0) is 14.0. The van der Waals surface area contributed by atoms with E-state index < -0.39 is 23.8 Å². The quantitative estimate of drug-likeness (QED) is 0.804. The van der Waals surface area contributed by atoms with E-state index in [0.29, 0.717) is 4.47 Å². The summed E-state index contributed by atoms with van der Waals surface area (Å²) in [5, 5.41) is 11.7. The highest BCUT2D eigenvalue weighted by Gasteiger charge is 2.35. The molecule has 0 radical (unpaired) electrons. The average molecular weight is 350 g/mol. The number of rotatable bonds is 3. The first-order valence-electron chi connectivity index (χ1n) is 5.41. The van der Waals surface area contributed by atoms with Crippen molar-refractivity contribution in [1.82, 2.24) is 10.3 Å². The molecule has 19 heavy (non-hydrogen) atoms. The predicted molar refractivity (Wildman–Crippen MR) is 70.1 cm³/mol. The van der Waals surface area contributed by atoms with Gasteiger partial charge in [-0.15, -0.1) is 0 Å². The minimum Gasteiger partial charge on any atom is -0.481 e. The Kier molecular flexibility index (Phi) is 4.38. The highest BCUT2D eigenvalue weighted by Crippen LogP contribution is 2.20. The predicted octanol–water partition coefficient (Wildman–Crippen LogP) is 1.33. The first kappa shape index (κ1) is 14.2. The minimum absolute atomic E-state index is 0.0616. The number of carbonyl (C=O) groups excluding carboxylic acids is 1. The Labute approximate surface area is 122 Å². The standard InChI is InChI=1S/C11H10BrClN2O4/c12-5-1-6(9(13)14-2-5)10(16)15-8-4-19-3-7(8)11(17)18/h1-2,7-8H,3-4H2,(H,15,16)(H,17,18). The van der Waals surface area contributed by atoms with E-state index >= 15 is 0 Å². The third kappa shape index (κ3) is 3.23. The summed E-state index contributed by atoms with van der Waals surface area (Å²) in [5.41, 5.74) is 0.187. The molecule has 0 aromatic carbocycles. The van der Waals surface area contributed by atoms with E-state index in [1.165, 1.54) is 12.3 Å². The molecule has 102 valence electrons. The van der Waals surface area contributed by atoms with Gasteiger partial charge in [-0.2, -0.15) is 0 Å². The summed E-state index contributed by atoms with van der Waals surface area (Å²) >= 11 is 9.03. The third-order valence-electron chi connectivity index (χ3n) is 2.76. The monoisotopic (exact) mass is 348 g/mol. The van der Waals surface area contributed by atoms with Crippen LogP contribution in [0.1, 0.15) is 10.4 Å². The van der Waals surface area contributed by atoms with E-state index in [9.17, 15) is 9.59 Å². The van der Waals surface area contributed by atoms with Crippen molar-refractivity contribution in [2.45, 2.75) is 6.04 Å². The van der Waals surface area contributed by atoms with Crippen LogP contribution in [0.15, 0.2) is 16.7 Å². The molecule has 8 heteroatoms. The lowest BCUT2D eigenvalue weighted by atomic mass is 10.0. The van der Waals surface area contributed by atoms with Gasteiger partial charge < -0.3 is 15.2 Å². The number of nitrogens with one attached hydrogen (secondary N) is 1. The molecule has 1 fully saturated rings. The van der Waals surface area contributed by atoms with Crippen molar-refractivity contribution >= 4 is 39.4 Å². The molecule has 1 saturated heterocycles. The molecule has 2 unspecified atom stereocenters. The molecule has 6 nitrogen and oxygen atoms in total. The lowest BCUT2D eigenvalue weighted by molar-refractivity contribution is -0.142. The zero-order valence-corrected chi connectivity index (χ0v) is 11.9. The minimum atomic E-state index is -0.999. The first-order chi connectivity index (χ1) is 8.99. The molecule has 1 amide bonds. The largest absolute Gasteiger partial charge is 0.481 e. The number of carboxylic acids is 1. The van der Waals surface area contributed by atoms with Crippen LogP contribution in [0, 0.1) is 5.92 Å². The highest BCUT2D eigenvalue weighted by molar-refractivity contribution is 9.10. The van der Waals surface area contributed by atoms with Crippen molar-refractivity contribution in [3.05, 3.63) is 27.5 Å². The normalized spacial score (nSPS) is 22.2. The van der Waals surface area contributed by atoms with E-state index in [-0.39, 0.29) is 23.9 Å². The number of halogens is 2. The Balaban J connectivity index is 2.12. The van der Waals surface area contributed by atoms with Gasteiger partial charge in [0.1, 0.15) is 11.1 Å². The average Bonchev–Trinajstić information content (AvgIpc) is 2.80. The highest BCUT2D eigenvalue weighted by atomic mass is 79.9. The summed E-state index contributed by atoms with van der Waals surface area (Å²) in [6.45, 7) is 0.256. The van der Waals surface area contributed by atoms with Gasteiger partial charge in [0.15, 0.2) is 0 Å². The van der Waals surface area contributed by atoms with E-state index in [1.807, 2.05) is 0 Å². The first-order valence-corrected chi connectivity index (χ1v) is 6.58. The Morgan fingerprint density at radius 3 is 2.95 bits per heavy atom. The SMILES string of the molecule is O=C(NC1COCC1C(=O)O)c1cc(Br)cnc1Cl. The number of pyridine rings is 1. The Hall–Kier alpha value is -1.18. The lowest BCUT2D eigenvalue weighted by Gasteiger charge is -2.16. The smallest absolute Gasteiger partial charge is 0.311 e. The van der Waals surface area contributed by atoms with E-state index in [1.54, 1.807) is 0 Å². The molecule has 2 N–H and O–H groups in total. The van der Waals surface area contributed by atoms with Gasteiger partial charge >= 0.3 is 5.97 Å². The summed E-state index contributed by atoms with van der Waals surface area (Å²) in [5.74, 6) is -2.22. The maximum Gasteiger partial charge on any atom is 0.311 e. The van der Waals surface area contributed by atoms with Crippen LogP contribution in [-0.4, -0.2) is 41.2 Å². The van der Waals surface area contributed by atoms with Crippen LogP contribution in [0.3, 0.4) is 0 Å². The number of ether oxygens (including phenoxy) is 1. The van der Waals surface area contributed by atoms with Crippen LogP contribution in [0.5, 0.6) is 0 Å². The number of amides is 1. The molecule has 0 saturated carbocycles. The molecule has 1 aliphatic rings. The van der Waals surface area contributed by atoms with Gasteiger partial charge in [0.25, 0.3) is 5.91 Å². The number of carboxylic acid groups (broad SMARTS) is 1. The fourth-order valence-electron chi connectivity index (χ4n) is 1.77. The molecular formula is C11H10BrClN2O4. The number of nitrogens with zero attached hydrogens (tertiary/aromatic N) is 1. The fourth-order valence-corrected chi connectivity index (χ4v) is 2.29. The number of carbonyl (C=O) groups is 2. The Morgan fingerprint density at radius 1 is 1.53 bits per heavy atom. The van der Waals surface area contributed by atoms with Crippen LogP contribution in [-0.2, 0) is 9.53 Å². The van der Waals surface area contributed by atoms with Crippen molar-refractivity contribution in [2.75, 3.05) is 13.2 Å². The van der Waals surface area contributed by atoms with E-state index in [0.717, 1.165) is 0 Å². The summed E-state index contributed by atoms with van der Waals surface area (Å²) in [4.78, 5) is 26.8. The maximum atomic E-state index is 12.0. The molecule has 0 spiro atoms. The van der Waals surface area contributed by atoms with E-state index in [2.05, 4.69) is 26.2 Å². The van der Waals surface area contributed by atoms with E-state index in [4.69, 9.17) is 21.4 Å². The molecule has 2 atom stereocenters. The second kappa shape index (κ2) is 5.85. The van der Waals surface area contributed by atoms with Gasteiger partial charge in [-0.3, -0.25) is 9.59 Å². The van der Waals surface area contributed by atoms with Gasteiger partial charge in [-0.1, -0.05) is 11.6 Å². The van der Waals surface area contributed by atoms with Crippen LogP contribution in [0.4, 0.5) is 0 Å². The molecular weight excluding hydrogens is 339 g/mol. The van der Waals surface area contributed by atoms with Gasteiger partial charge in [-0.05, 0) is 22.0 Å². The zero-order valence-electron chi connectivity index (χ0n) is 9.60. The second-order valence-electron chi connectivity index (χ2n) is 4.05. The molecule has 2 rings (SSSR count). The summed E-state index contributed by atoms with van der Waals surface area (Å²) in [7, 11) is 0. The number of aromatic nitrogens is 1. The molecule has 1 aliphatic heterocycles. The second-order valence-corrected chi connectivity index (χ2v) is 5.33. The van der Waals surface area contributed by atoms with Crippen LogP contribution < -0.4 is 5.32 Å². The van der Waals surface area contributed by atoms with Crippen LogP contribution >= 0.6 is 27.5 Å². The molecule has 1 aromatic rings.